The molecule has 1 saturated heterocycles. The third-order valence-corrected chi connectivity index (χ3v) is 3.47. The molecular formula is C13H14N2O2. The van der Waals surface area contributed by atoms with E-state index in [0.717, 1.165) is 6.42 Å². The first-order valence-corrected chi connectivity index (χ1v) is 5.91. The lowest BCUT2D eigenvalue weighted by Crippen LogP contribution is -2.50. The Hall–Kier alpha value is -1.84. The second kappa shape index (κ2) is 3.87. The molecule has 17 heavy (non-hydrogen) atoms. The van der Waals surface area contributed by atoms with Crippen LogP contribution >= 0.6 is 0 Å². The van der Waals surface area contributed by atoms with Gasteiger partial charge in [-0.3, -0.25) is 10.1 Å². The van der Waals surface area contributed by atoms with Gasteiger partial charge in [0.1, 0.15) is 0 Å². The van der Waals surface area contributed by atoms with Gasteiger partial charge in [0.15, 0.2) is 0 Å². The third kappa shape index (κ3) is 1.90. The molecule has 2 unspecified atom stereocenters. The molecule has 1 saturated carbocycles. The number of nitrogens with zero attached hydrogens (tertiary/aromatic N) is 1. The number of urea groups is 1. The van der Waals surface area contributed by atoms with Gasteiger partial charge in [0, 0.05) is 24.9 Å². The summed E-state index contributed by atoms with van der Waals surface area (Å²) in [4.78, 5) is 24.5. The van der Waals surface area contributed by atoms with Gasteiger partial charge in [0.25, 0.3) is 0 Å². The third-order valence-electron chi connectivity index (χ3n) is 3.47. The summed E-state index contributed by atoms with van der Waals surface area (Å²) >= 11 is 0. The van der Waals surface area contributed by atoms with Crippen molar-refractivity contribution in [2.24, 2.45) is 0 Å². The summed E-state index contributed by atoms with van der Waals surface area (Å²) in [6.45, 7) is 0.554. The van der Waals surface area contributed by atoms with Gasteiger partial charge < -0.3 is 4.90 Å². The van der Waals surface area contributed by atoms with Crippen LogP contribution in [0.15, 0.2) is 30.3 Å². The average Bonchev–Trinajstić information content (AvgIpc) is 3.10. The topological polar surface area (TPSA) is 49.4 Å². The van der Waals surface area contributed by atoms with Crippen LogP contribution in [0.1, 0.15) is 24.3 Å². The quantitative estimate of drug-likeness (QED) is 0.836. The maximum atomic E-state index is 11.7. The van der Waals surface area contributed by atoms with Crippen LogP contribution in [0.2, 0.25) is 0 Å². The van der Waals surface area contributed by atoms with Gasteiger partial charge in [-0.1, -0.05) is 30.3 Å². The summed E-state index contributed by atoms with van der Waals surface area (Å²) in [5.41, 5.74) is 1.28. The van der Waals surface area contributed by atoms with Crippen molar-refractivity contribution in [1.82, 2.24) is 10.2 Å². The zero-order valence-electron chi connectivity index (χ0n) is 9.43. The molecule has 1 aromatic carbocycles. The Morgan fingerprint density at radius 1 is 1.18 bits per heavy atom. The maximum Gasteiger partial charge on any atom is 0.324 e. The Labute approximate surface area is 99.6 Å². The van der Waals surface area contributed by atoms with Crippen molar-refractivity contribution in [2.45, 2.75) is 24.8 Å². The molecule has 4 heteroatoms. The molecule has 2 fully saturated rings. The summed E-state index contributed by atoms with van der Waals surface area (Å²) in [7, 11) is 0. The van der Waals surface area contributed by atoms with Gasteiger partial charge >= 0.3 is 6.03 Å². The molecule has 2 atom stereocenters. The minimum atomic E-state index is -0.232. The number of imide groups is 1. The van der Waals surface area contributed by atoms with Crippen molar-refractivity contribution in [2.75, 3.05) is 6.54 Å². The number of hydrogen-bond acceptors (Lipinski definition) is 2. The zero-order valence-corrected chi connectivity index (χ0v) is 9.43. The van der Waals surface area contributed by atoms with Crippen LogP contribution in [0.5, 0.6) is 0 Å². The van der Waals surface area contributed by atoms with Gasteiger partial charge in [0.05, 0.1) is 0 Å². The fraction of sp³-hybridized carbons (Fsp3) is 0.385. The Kier molecular flexibility index (Phi) is 2.35. The highest BCUT2D eigenvalue weighted by molar-refractivity contribution is 5.96. The predicted molar refractivity (Wildman–Crippen MR) is 62.4 cm³/mol. The van der Waals surface area contributed by atoms with Crippen molar-refractivity contribution in [1.29, 1.82) is 0 Å². The molecule has 2 aliphatic rings. The molecule has 4 nitrogen and oxygen atoms in total. The Bertz CT molecular complexity index is 458. The normalized spacial score (nSPS) is 27.9. The number of hydrogen-bond donors (Lipinski definition) is 1. The number of carbonyl (C=O) groups excluding carboxylic acids is 2. The molecule has 0 spiro atoms. The highest BCUT2D eigenvalue weighted by Gasteiger charge is 2.45. The molecule has 0 bridgehead atoms. The van der Waals surface area contributed by atoms with E-state index in [1.54, 1.807) is 4.90 Å². The van der Waals surface area contributed by atoms with E-state index in [0.29, 0.717) is 18.9 Å². The Morgan fingerprint density at radius 3 is 2.65 bits per heavy atom. The largest absolute Gasteiger partial charge is 0.324 e. The van der Waals surface area contributed by atoms with Gasteiger partial charge in [-0.15, -0.1) is 0 Å². The Morgan fingerprint density at radius 2 is 1.94 bits per heavy atom. The van der Waals surface area contributed by atoms with Crippen molar-refractivity contribution >= 4 is 11.9 Å². The van der Waals surface area contributed by atoms with E-state index >= 15 is 0 Å². The highest BCUT2D eigenvalue weighted by atomic mass is 16.2. The molecule has 1 N–H and O–H groups in total. The monoisotopic (exact) mass is 230 g/mol. The van der Waals surface area contributed by atoms with E-state index in [1.165, 1.54) is 5.56 Å². The number of nitrogens with one attached hydrogen (secondary N) is 1. The first-order chi connectivity index (χ1) is 8.25. The van der Waals surface area contributed by atoms with E-state index in [4.69, 9.17) is 0 Å². The minimum Gasteiger partial charge on any atom is -0.320 e. The van der Waals surface area contributed by atoms with Crippen LogP contribution in [-0.4, -0.2) is 29.4 Å². The van der Waals surface area contributed by atoms with Crippen LogP contribution in [0, 0.1) is 0 Å². The zero-order chi connectivity index (χ0) is 11.8. The van der Waals surface area contributed by atoms with E-state index in [2.05, 4.69) is 17.4 Å². The number of carbonyl (C=O) groups is 2. The Balaban J connectivity index is 1.69. The van der Waals surface area contributed by atoms with Crippen LogP contribution in [0.4, 0.5) is 4.79 Å². The first-order valence-electron chi connectivity index (χ1n) is 5.91. The van der Waals surface area contributed by atoms with Gasteiger partial charge in [-0.05, 0) is 12.0 Å². The molecule has 1 aliphatic carbocycles. The summed E-state index contributed by atoms with van der Waals surface area (Å²) < 4.78 is 0. The summed E-state index contributed by atoms with van der Waals surface area (Å²) in [6, 6.07) is 10.3. The molecule has 1 heterocycles. The van der Waals surface area contributed by atoms with E-state index in [9.17, 15) is 9.59 Å². The van der Waals surface area contributed by atoms with Crippen LogP contribution in [-0.2, 0) is 4.79 Å². The molecule has 0 aromatic heterocycles. The summed E-state index contributed by atoms with van der Waals surface area (Å²) in [5, 5.41) is 2.37. The lowest BCUT2D eigenvalue weighted by atomic mass is 10.1. The second-order valence-electron chi connectivity index (χ2n) is 4.62. The SMILES string of the molecule is O=C1CCN(C2CC2c2ccccc2)C(=O)N1. The summed E-state index contributed by atoms with van der Waals surface area (Å²) in [5.74, 6) is 0.276. The predicted octanol–water partition coefficient (Wildman–Crippen LogP) is 1.48. The molecule has 88 valence electrons. The van der Waals surface area contributed by atoms with Gasteiger partial charge in [-0.25, -0.2) is 4.79 Å². The molecule has 3 rings (SSSR count). The second-order valence-corrected chi connectivity index (χ2v) is 4.62. The first kappa shape index (κ1) is 10.3. The standard InChI is InChI=1S/C13H14N2O2/c16-12-6-7-15(13(17)14-12)11-8-10(11)9-4-2-1-3-5-9/h1-5,10-11H,6-8H2,(H,14,16,17). The smallest absolute Gasteiger partial charge is 0.320 e. The number of benzene rings is 1. The van der Waals surface area contributed by atoms with Crippen molar-refractivity contribution in [3.8, 4) is 0 Å². The van der Waals surface area contributed by atoms with Gasteiger partial charge in [-0.2, -0.15) is 0 Å². The summed E-state index contributed by atoms with van der Waals surface area (Å²) in [6.07, 6.45) is 1.43. The van der Waals surface area contributed by atoms with Crippen molar-refractivity contribution in [3.05, 3.63) is 35.9 Å². The molecule has 1 aliphatic heterocycles. The highest BCUT2D eigenvalue weighted by Crippen LogP contribution is 2.44. The minimum absolute atomic E-state index is 0.164. The lowest BCUT2D eigenvalue weighted by Gasteiger charge is -2.26. The number of amides is 3. The molecule has 0 radical (unpaired) electrons. The van der Waals surface area contributed by atoms with Crippen molar-refractivity contribution < 1.29 is 9.59 Å². The van der Waals surface area contributed by atoms with Crippen molar-refractivity contribution in [3.63, 3.8) is 0 Å². The van der Waals surface area contributed by atoms with E-state index in [-0.39, 0.29) is 18.0 Å². The van der Waals surface area contributed by atoms with Crippen LogP contribution in [0.3, 0.4) is 0 Å². The number of rotatable bonds is 2. The van der Waals surface area contributed by atoms with Crippen LogP contribution in [0.25, 0.3) is 0 Å². The molecule has 1 aromatic rings. The van der Waals surface area contributed by atoms with E-state index in [1.807, 2.05) is 18.2 Å². The average molecular weight is 230 g/mol. The fourth-order valence-corrected chi connectivity index (χ4v) is 2.48. The van der Waals surface area contributed by atoms with E-state index < -0.39 is 0 Å². The van der Waals surface area contributed by atoms with Gasteiger partial charge in [0.2, 0.25) is 5.91 Å². The van der Waals surface area contributed by atoms with Crippen LogP contribution < -0.4 is 5.32 Å². The fourth-order valence-electron chi connectivity index (χ4n) is 2.48. The maximum absolute atomic E-state index is 11.7. The molecular weight excluding hydrogens is 216 g/mol. The lowest BCUT2D eigenvalue weighted by molar-refractivity contribution is -0.121. The molecule has 3 amide bonds.